The van der Waals surface area contributed by atoms with Crippen molar-refractivity contribution in [1.82, 2.24) is 15.3 Å². The molecule has 116 valence electrons. The predicted molar refractivity (Wildman–Crippen MR) is 86.2 cm³/mol. The molecule has 2 aromatic rings. The second kappa shape index (κ2) is 7.22. The summed E-state index contributed by atoms with van der Waals surface area (Å²) in [5, 5.41) is 3.50. The lowest BCUT2D eigenvalue weighted by molar-refractivity contribution is -0.120. The highest BCUT2D eigenvalue weighted by molar-refractivity contribution is 6.30. The van der Waals surface area contributed by atoms with Crippen LogP contribution in [0.4, 0.5) is 0 Å². The summed E-state index contributed by atoms with van der Waals surface area (Å²) in [6.45, 7) is 3.96. The van der Waals surface area contributed by atoms with Gasteiger partial charge in [0.15, 0.2) is 0 Å². The van der Waals surface area contributed by atoms with E-state index in [2.05, 4.69) is 15.3 Å². The molecule has 0 saturated carbocycles. The van der Waals surface area contributed by atoms with E-state index in [1.54, 1.807) is 13.8 Å². The SMILES string of the molecule is Cc1nc(C)c(CC(=O)NCCc2ccc(Cl)cc2)c(=O)[nH]1. The fraction of sp³-hybridized carbons (Fsp3) is 0.312. The molecule has 0 fully saturated rings. The van der Waals surface area contributed by atoms with Crippen molar-refractivity contribution in [2.24, 2.45) is 0 Å². The summed E-state index contributed by atoms with van der Waals surface area (Å²) in [4.78, 5) is 30.6. The van der Waals surface area contributed by atoms with E-state index in [1.165, 1.54) is 0 Å². The average Bonchev–Trinajstić information content (AvgIpc) is 2.45. The minimum atomic E-state index is -0.252. The number of carbonyl (C=O) groups is 1. The van der Waals surface area contributed by atoms with E-state index in [0.29, 0.717) is 35.1 Å². The van der Waals surface area contributed by atoms with Gasteiger partial charge in [-0.3, -0.25) is 9.59 Å². The molecule has 0 saturated heterocycles. The van der Waals surface area contributed by atoms with Crippen LogP contribution in [0.15, 0.2) is 29.1 Å². The summed E-state index contributed by atoms with van der Waals surface area (Å²) in [6.07, 6.45) is 0.749. The Bertz CT molecular complexity index is 723. The Hall–Kier alpha value is -2.14. The third kappa shape index (κ3) is 4.43. The number of hydrogen-bond acceptors (Lipinski definition) is 3. The summed E-state index contributed by atoms with van der Waals surface area (Å²) in [6, 6.07) is 7.49. The largest absolute Gasteiger partial charge is 0.355 e. The topological polar surface area (TPSA) is 74.8 Å². The molecule has 22 heavy (non-hydrogen) atoms. The molecule has 0 radical (unpaired) electrons. The minimum absolute atomic E-state index is 0.0368. The first-order valence-corrected chi connectivity index (χ1v) is 7.41. The van der Waals surface area contributed by atoms with Crippen LogP contribution in [-0.4, -0.2) is 22.4 Å². The van der Waals surface area contributed by atoms with Gasteiger partial charge < -0.3 is 10.3 Å². The Labute approximate surface area is 133 Å². The van der Waals surface area contributed by atoms with E-state index in [4.69, 9.17) is 11.6 Å². The van der Waals surface area contributed by atoms with Crippen LogP contribution >= 0.6 is 11.6 Å². The number of halogens is 1. The molecule has 1 aromatic heterocycles. The standard InChI is InChI=1S/C16H18ClN3O2/c1-10-14(16(22)20-11(2)19-10)9-15(21)18-8-7-12-3-5-13(17)6-4-12/h3-6H,7-9H2,1-2H3,(H,18,21)(H,19,20,22). The Kier molecular flexibility index (Phi) is 5.33. The van der Waals surface area contributed by atoms with Crippen molar-refractivity contribution in [3.05, 3.63) is 62.3 Å². The molecular weight excluding hydrogens is 302 g/mol. The first-order chi connectivity index (χ1) is 10.5. The zero-order valence-electron chi connectivity index (χ0n) is 12.6. The molecule has 1 heterocycles. The zero-order chi connectivity index (χ0) is 16.1. The lowest BCUT2D eigenvalue weighted by Crippen LogP contribution is -2.30. The maximum Gasteiger partial charge on any atom is 0.254 e. The third-order valence-electron chi connectivity index (χ3n) is 3.33. The van der Waals surface area contributed by atoms with Crippen molar-refractivity contribution >= 4 is 17.5 Å². The maximum atomic E-state index is 11.9. The summed E-state index contributed by atoms with van der Waals surface area (Å²) >= 11 is 5.82. The van der Waals surface area contributed by atoms with Gasteiger partial charge in [-0.15, -0.1) is 0 Å². The number of aromatic amines is 1. The van der Waals surface area contributed by atoms with Crippen LogP contribution in [0, 0.1) is 13.8 Å². The van der Waals surface area contributed by atoms with Crippen LogP contribution < -0.4 is 10.9 Å². The van der Waals surface area contributed by atoms with Crippen LogP contribution in [0.3, 0.4) is 0 Å². The number of nitrogens with one attached hydrogen (secondary N) is 2. The number of rotatable bonds is 5. The summed E-state index contributed by atoms with van der Waals surface area (Å²) in [7, 11) is 0. The molecule has 0 aliphatic carbocycles. The molecule has 1 amide bonds. The van der Waals surface area contributed by atoms with Gasteiger partial charge in [0.1, 0.15) is 5.82 Å². The van der Waals surface area contributed by atoms with E-state index in [1.807, 2.05) is 24.3 Å². The minimum Gasteiger partial charge on any atom is -0.355 e. The molecular formula is C16H18ClN3O2. The van der Waals surface area contributed by atoms with Gasteiger partial charge in [0.05, 0.1) is 6.42 Å². The van der Waals surface area contributed by atoms with Crippen LogP contribution in [0.1, 0.15) is 22.6 Å². The highest BCUT2D eigenvalue weighted by Crippen LogP contribution is 2.09. The van der Waals surface area contributed by atoms with Crippen molar-refractivity contribution in [1.29, 1.82) is 0 Å². The van der Waals surface area contributed by atoms with Crippen LogP contribution in [0.5, 0.6) is 0 Å². The highest BCUT2D eigenvalue weighted by atomic mass is 35.5. The van der Waals surface area contributed by atoms with E-state index in [0.717, 1.165) is 5.56 Å². The van der Waals surface area contributed by atoms with Crippen LogP contribution in [0.25, 0.3) is 0 Å². The van der Waals surface area contributed by atoms with Gasteiger partial charge in [-0.25, -0.2) is 4.98 Å². The van der Waals surface area contributed by atoms with Crippen molar-refractivity contribution in [3.63, 3.8) is 0 Å². The fourth-order valence-corrected chi connectivity index (χ4v) is 2.31. The number of aromatic nitrogens is 2. The first kappa shape index (κ1) is 16.2. The molecule has 0 atom stereocenters. The number of nitrogens with zero attached hydrogens (tertiary/aromatic N) is 1. The van der Waals surface area contributed by atoms with Gasteiger partial charge in [0.2, 0.25) is 5.91 Å². The maximum absolute atomic E-state index is 11.9. The monoisotopic (exact) mass is 319 g/mol. The number of benzene rings is 1. The Morgan fingerprint density at radius 3 is 2.59 bits per heavy atom. The summed E-state index contributed by atoms with van der Waals surface area (Å²) < 4.78 is 0. The average molecular weight is 320 g/mol. The predicted octanol–water partition coefficient (Wildman–Crippen LogP) is 1.94. The number of aryl methyl sites for hydroxylation is 2. The number of H-pyrrole nitrogens is 1. The molecule has 0 unspecified atom stereocenters. The quantitative estimate of drug-likeness (QED) is 0.884. The summed E-state index contributed by atoms with van der Waals surface area (Å²) in [5.74, 6) is 0.364. The molecule has 5 nitrogen and oxygen atoms in total. The number of hydrogen-bond donors (Lipinski definition) is 2. The molecule has 6 heteroatoms. The second-order valence-corrected chi connectivity index (χ2v) is 5.55. The lowest BCUT2D eigenvalue weighted by Gasteiger charge is -2.07. The van der Waals surface area contributed by atoms with Gasteiger partial charge >= 0.3 is 0 Å². The molecule has 2 N–H and O–H groups in total. The number of amides is 1. The van der Waals surface area contributed by atoms with Crippen molar-refractivity contribution in [2.45, 2.75) is 26.7 Å². The second-order valence-electron chi connectivity index (χ2n) is 5.12. The van der Waals surface area contributed by atoms with E-state index in [9.17, 15) is 9.59 Å². The van der Waals surface area contributed by atoms with Crippen molar-refractivity contribution in [2.75, 3.05) is 6.54 Å². The number of carbonyl (C=O) groups excluding carboxylic acids is 1. The van der Waals surface area contributed by atoms with Crippen LogP contribution in [-0.2, 0) is 17.6 Å². The Morgan fingerprint density at radius 1 is 1.27 bits per heavy atom. The van der Waals surface area contributed by atoms with Crippen LogP contribution in [0.2, 0.25) is 5.02 Å². The normalized spacial score (nSPS) is 10.5. The first-order valence-electron chi connectivity index (χ1n) is 7.03. The molecule has 0 aliphatic heterocycles. The third-order valence-corrected chi connectivity index (χ3v) is 3.58. The van der Waals surface area contributed by atoms with Gasteiger partial charge in [0.25, 0.3) is 5.56 Å². The Balaban J connectivity index is 1.88. The van der Waals surface area contributed by atoms with Gasteiger partial charge in [0, 0.05) is 22.8 Å². The smallest absolute Gasteiger partial charge is 0.254 e. The van der Waals surface area contributed by atoms with E-state index < -0.39 is 0 Å². The molecule has 0 aliphatic rings. The van der Waals surface area contributed by atoms with Gasteiger partial charge in [-0.2, -0.15) is 0 Å². The lowest BCUT2D eigenvalue weighted by atomic mass is 10.1. The van der Waals surface area contributed by atoms with Gasteiger partial charge in [-0.1, -0.05) is 23.7 Å². The highest BCUT2D eigenvalue weighted by Gasteiger charge is 2.11. The van der Waals surface area contributed by atoms with E-state index in [-0.39, 0.29) is 17.9 Å². The summed E-state index contributed by atoms with van der Waals surface area (Å²) in [5.41, 5.74) is 1.84. The zero-order valence-corrected chi connectivity index (χ0v) is 13.3. The molecule has 2 rings (SSSR count). The fourth-order valence-electron chi connectivity index (χ4n) is 2.18. The molecule has 0 bridgehead atoms. The van der Waals surface area contributed by atoms with Crippen molar-refractivity contribution < 1.29 is 4.79 Å². The van der Waals surface area contributed by atoms with Crippen molar-refractivity contribution in [3.8, 4) is 0 Å². The Morgan fingerprint density at radius 2 is 1.95 bits per heavy atom. The molecule has 0 spiro atoms. The van der Waals surface area contributed by atoms with Gasteiger partial charge in [-0.05, 0) is 38.0 Å². The molecule has 1 aromatic carbocycles. The van der Waals surface area contributed by atoms with E-state index >= 15 is 0 Å².